The average molecular weight is 302 g/mol. The minimum absolute atomic E-state index is 0.135. The van der Waals surface area contributed by atoms with Gasteiger partial charge >= 0.3 is 5.97 Å². The Bertz CT molecular complexity index is 543. The molecule has 1 aliphatic heterocycles. The largest absolute Gasteiger partial charge is 0.480 e. The molecule has 2 N–H and O–H groups in total. The molecule has 20 heavy (non-hydrogen) atoms. The van der Waals surface area contributed by atoms with Crippen molar-refractivity contribution in [2.75, 3.05) is 13.2 Å². The summed E-state index contributed by atoms with van der Waals surface area (Å²) in [6, 6.07) is 4.00. The van der Waals surface area contributed by atoms with E-state index in [0.29, 0.717) is 0 Å². The van der Waals surface area contributed by atoms with Gasteiger partial charge in [-0.25, -0.2) is 9.18 Å². The van der Waals surface area contributed by atoms with Crippen LogP contribution in [0.4, 0.5) is 4.39 Å². The van der Waals surface area contributed by atoms with Crippen molar-refractivity contribution in [1.29, 1.82) is 0 Å². The topological polar surface area (TPSA) is 75.6 Å². The zero-order chi connectivity index (χ0) is 14.8. The van der Waals surface area contributed by atoms with Crippen molar-refractivity contribution in [3.05, 3.63) is 34.6 Å². The van der Waals surface area contributed by atoms with E-state index < -0.39 is 23.2 Å². The first kappa shape index (κ1) is 14.7. The molecular formula is C13H13ClFNO4. The smallest absolute Gasteiger partial charge is 0.329 e. The van der Waals surface area contributed by atoms with Crippen LogP contribution in [-0.4, -0.2) is 35.7 Å². The van der Waals surface area contributed by atoms with Crippen molar-refractivity contribution in [3.63, 3.8) is 0 Å². The molecule has 0 aliphatic carbocycles. The van der Waals surface area contributed by atoms with Gasteiger partial charge in [0.1, 0.15) is 5.54 Å². The van der Waals surface area contributed by atoms with Gasteiger partial charge in [0.05, 0.1) is 10.6 Å². The van der Waals surface area contributed by atoms with E-state index >= 15 is 0 Å². The number of ether oxygens (including phenoxy) is 1. The maximum Gasteiger partial charge on any atom is 0.329 e. The van der Waals surface area contributed by atoms with Gasteiger partial charge in [0.2, 0.25) is 0 Å². The van der Waals surface area contributed by atoms with Crippen molar-refractivity contribution < 1.29 is 23.8 Å². The number of halogens is 2. The molecular weight excluding hydrogens is 289 g/mol. The Morgan fingerprint density at radius 2 is 2.00 bits per heavy atom. The first-order valence-electron chi connectivity index (χ1n) is 6.04. The average Bonchev–Trinajstić information content (AvgIpc) is 2.42. The molecule has 0 bridgehead atoms. The minimum Gasteiger partial charge on any atom is -0.480 e. The summed E-state index contributed by atoms with van der Waals surface area (Å²) in [5, 5.41) is 11.5. The molecule has 2 rings (SSSR count). The normalized spacial score (nSPS) is 17.5. The van der Waals surface area contributed by atoms with Gasteiger partial charge < -0.3 is 15.2 Å². The van der Waals surface area contributed by atoms with Gasteiger partial charge in [-0.1, -0.05) is 17.7 Å². The zero-order valence-corrected chi connectivity index (χ0v) is 11.2. The number of carboxylic acid groups (broad SMARTS) is 1. The van der Waals surface area contributed by atoms with Gasteiger partial charge in [0.15, 0.2) is 5.82 Å². The standard InChI is InChI=1S/C13H13ClFNO4/c14-9-3-1-2-8(10(9)15)11(17)16-13(12(18)19)4-6-20-7-5-13/h1-3H,4-7H2,(H,16,17)(H,18,19). The number of amides is 1. The summed E-state index contributed by atoms with van der Waals surface area (Å²) in [6.45, 7) is 0.454. The van der Waals surface area contributed by atoms with Gasteiger partial charge in [0, 0.05) is 26.1 Å². The van der Waals surface area contributed by atoms with E-state index in [9.17, 15) is 19.1 Å². The number of hydrogen-bond acceptors (Lipinski definition) is 3. The number of hydrogen-bond donors (Lipinski definition) is 2. The molecule has 5 nitrogen and oxygen atoms in total. The highest BCUT2D eigenvalue weighted by molar-refractivity contribution is 6.31. The number of carboxylic acids is 1. The molecule has 108 valence electrons. The van der Waals surface area contributed by atoms with E-state index in [1.807, 2.05) is 0 Å². The predicted octanol–water partition coefficient (Wildman–Crippen LogP) is 1.84. The SMILES string of the molecule is O=C(NC1(C(=O)O)CCOCC1)c1cccc(Cl)c1F. The third-order valence-electron chi connectivity index (χ3n) is 3.30. The Morgan fingerprint density at radius 3 is 2.60 bits per heavy atom. The maximum atomic E-state index is 13.8. The number of aliphatic carboxylic acids is 1. The summed E-state index contributed by atoms with van der Waals surface area (Å²) < 4.78 is 18.9. The second-order valence-corrected chi connectivity index (χ2v) is 4.96. The van der Waals surface area contributed by atoms with Crippen molar-refractivity contribution in [2.45, 2.75) is 18.4 Å². The molecule has 0 unspecified atom stereocenters. The van der Waals surface area contributed by atoms with Crippen LogP contribution in [0.3, 0.4) is 0 Å². The Labute approximate surface area is 119 Å². The molecule has 0 aromatic heterocycles. The van der Waals surface area contributed by atoms with Gasteiger partial charge in [-0.3, -0.25) is 4.79 Å². The van der Waals surface area contributed by atoms with E-state index in [0.717, 1.165) is 0 Å². The Balaban J connectivity index is 2.25. The third kappa shape index (κ3) is 2.76. The molecule has 1 aromatic rings. The molecule has 0 radical (unpaired) electrons. The minimum atomic E-state index is -1.43. The first-order valence-corrected chi connectivity index (χ1v) is 6.42. The van der Waals surface area contributed by atoms with Gasteiger partial charge in [0.25, 0.3) is 5.91 Å². The van der Waals surface area contributed by atoms with Crippen molar-refractivity contribution in [1.82, 2.24) is 5.32 Å². The van der Waals surface area contributed by atoms with E-state index in [1.54, 1.807) is 0 Å². The van der Waals surface area contributed by atoms with Crippen LogP contribution in [-0.2, 0) is 9.53 Å². The van der Waals surface area contributed by atoms with Crippen molar-refractivity contribution in [2.24, 2.45) is 0 Å². The second-order valence-electron chi connectivity index (χ2n) is 4.56. The molecule has 0 spiro atoms. The van der Waals surface area contributed by atoms with Crippen molar-refractivity contribution in [3.8, 4) is 0 Å². The fraction of sp³-hybridized carbons (Fsp3) is 0.385. The first-order chi connectivity index (χ1) is 9.46. The molecule has 0 atom stereocenters. The van der Waals surface area contributed by atoms with Crippen LogP contribution in [0.2, 0.25) is 5.02 Å². The second kappa shape index (κ2) is 5.76. The van der Waals surface area contributed by atoms with E-state index in [1.165, 1.54) is 18.2 Å². The number of carbonyl (C=O) groups is 2. The van der Waals surface area contributed by atoms with Crippen LogP contribution in [0.15, 0.2) is 18.2 Å². The monoisotopic (exact) mass is 301 g/mol. The Morgan fingerprint density at radius 1 is 1.35 bits per heavy atom. The van der Waals surface area contributed by atoms with Gasteiger partial charge in [-0.05, 0) is 12.1 Å². The van der Waals surface area contributed by atoms with Crippen LogP contribution >= 0.6 is 11.6 Å². The third-order valence-corrected chi connectivity index (χ3v) is 3.60. The molecule has 0 saturated carbocycles. The predicted molar refractivity (Wildman–Crippen MR) is 69.3 cm³/mol. The number of nitrogens with one attached hydrogen (secondary N) is 1. The molecule has 1 saturated heterocycles. The summed E-state index contributed by atoms with van der Waals surface area (Å²) in [7, 11) is 0. The quantitative estimate of drug-likeness (QED) is 0.893. The number of benzene rings is 1. The van der Waals surface area contributed by atoms with E-state index in [2.05, 4.69) is 5.32 Å². The fourth-order valence-electron chi connectivity index (χ4n) is 2.08. The Hall–Kier alpha value is -1.66. The molecule has 1 aromatic carbocycles. The summed E-state index contributed by atoms with van der Waals surface area (Å²) in [5.41, 5.74) is -1.70. The molecule has 7 heteroatoms. The summed E-state index contributed by atoms with van der Waals surface area (Å²) in [5.74, 6) is -2.81. The zero-order valence-electron chi connectivity index (χ0n) is 10.5. The summed E-state index contributed by atoms with van der Waals surface area (Å²) >= 11 is 5.61. The molecule has 1 aliphatic rings. The summed E-state index contributed by atoms with van der Waals surface area (Å²) in [6.07, 6.45) is 0.270. The number of rotatable bonds is 3. The van der Waals surface area contributed by atoms with Crippen molar-refractivity contribution >= 4 is 23.5 Å². The highest BCUT2D eigenvalue weighted by Gasteiger charge is 2.42. The van der Waals surface area contributed by atoms with Crippen LogP contribution in [0.1, 0.15) is 23.2 Å². The highest BCUT2D eigenvalue weighted by atomic mass is 35.5. The number of carbonyl (C=O) groups excluding carboxylic acids is 1. The van der Waals surface area contributed by atoms with Crippen LogP contribution < -0.4 is 5.32 Å². The summed E-state index contributed by atoms with van der Waals surface area (Å²) in [4.78, 5) is 23.5. The lowest BCUT2D eigenvalue weighted by molar-refractivity contribution is -0.148. The van der Waals surface area contributed by atoms with Gasteiger partial charge in [-0.2, -0.15) is 0 Å². The van der Waals surface area contributed by atoms with Gasteiger partial charge in [-0.15, -0.1) is 0 Å². The highest BCUT2D eigenvalue weighted by Crippen LogP contribution is 2.23. The van der Waals surface area contributed by atoms with Crippen LogP contribution in [0.5, 0.6) is 0 Å². The van der Waals surface area contributed by atoms with Crippen LogP contribution in [0.25, 0.3) is 0 Å². The van der Waals surface area contributed by atoms with Crippen LogP contribution in [0, 0.1) is 5.82 Å². The molecule has 1 fully saturated rings. The lowest BCUT2D eigenvalue weighted by Crippen LogP contribution is -2.57. The lowest BCUT2D eigenvalue weighted by Gasteiger charge is -2.33. The maximum absolute atomic E-state index is 13.8. The lowest BCUT2D eigenvalue weighted by atomic mass is 9.89. The molecule has 1 heterocycles. The Kier molecular flexibility index (Phi) is 4.25. The van der Waals surface area contributed by atoms with E-state index in [4.69, 9.17) is 16.3 Å². The van der Waals surface area contributed by atoms with E-state index in [-0.39, 0.29) is 36.6 Å². The fourth-order valence-corrected chi connectivity index (χ4v) is 2.25. The molecule has 1 amide bonds.